The molecule has 0 aliphatic rings. The molecular formula is C12H14N6O3. The number of anilines is 1. The molecule has 2 rings (SSSR count). The summed E-state index contributed by atoms with van der Waals surface area (Å²) < 4.78 is 0. The standard InChI is InChI=1S/C12H14N6O3/c19-11(20)5-4-8-2-1-3-9(6-8)14-12(21)13-7-10-15-17-18-16-10/h1-3,6H,4-5,7H2,(H,19,20)(H2,13,14,21)(H,15,16,17,18). The van der Waals surface area contributed by atoms with Crippen LogP contribution in [0.2, 0.25) is 0 Å². The minimum absolute atomic E-state index is 0.0491. The van der Waals surface area contributed by atoms with E-state index in [0.29, 0.717) is 17.9 Å². The lowest BCUT2D eigenvalue weighted by molar-refractivity contribution is -0.136. The highest BCUT2D eigenvalue weighted by Crippen LogP contribution is 2.12. The zero-order valence-electron chi connectivity index (χ0n) is 11.0. The quantitative estimate of drug-likeness (QED) is 0.613. The van der Waals surface area contributed by atoms with Gasteiger partial charge in [-0.1, -0.05) is 17.3 Å². The Bertz CT molecular complexity index is 613. The van der Waals surface area contributed by atoms with Crippen LogP contribution in [-0.4, -0.2) is 37.7 Å². The van der Waals surface area contributed by atoms with Crippen molar-refractivity contribution in [3.05, 3.63) is 35.7 Å². The summed E-state index contributed by atoms with van der Waals surface area (Å²) in [5.41, 5.74) is 1.43. The Morgan fingerprint density at radius 2 is 2.19 bits per heavy atom. The maximum atomic E-state index is 11.7. The fourth-order valence-corrected chi connectivity index (χ4v) is 1.65. The number of hydrogen-bond donors (Lipinski definition) is 4. The lowest BCUT2D eigenvalue weighted by Gasteiger charge is -2.07. The van der Waals surface area contributed by atoms with E-state index in [1.54, 1.807) is 18.2 Å². The number of carbonyl (C=O) groups is 2. The van der Waals surface area contributed by atoms with Crippen LogP contribution in [0.4, 0.5) is 10.5 Å². The van der Waals surface area contributed by atoms with Crippen molar-refractivity contribution >= 4 is 17.7 Å². The second-order valence-corrected chi connectivity index (χ2v) is 4.23. The van der Waals surface area contributed by atoms with E-state index in [9.17, 15) is 9.59 Å². The minimum atomic E-state index is -0.855. The van der Waals surface area contributed by atoms with Crippen molar-refractivity contribution in [2.45, 2.75) is 19.4 Å². The van der Waals surface area contributed by atoms with E-state index >= 15 is 0 Å². The predicted molar refractivity (Wildman–Crippen MR) is 72.4 cm³/mol. The van der Waals surface area contributed by atoms with Crippen molar-refractivity contribution < 1.29 is 14.7 Å². The molecule has 0 saturated heterocycles. The van der Waals surface area contributed by atoms with Gasteiger partial charge < -0.3 is 15.7 Å². The second kappa shape index (κ2) is 6.98. The van der Waals surface area contributed by atoms with Crippen LogP contribution in [0.1, 0.15) is 17.8 Å². The number of amides is 2. The number of nitrogens with zero attached hydrogens (tertiary/aromatic N) is 3. The number of aliphatic carboxylic acids is 1. The molecule has 4 N–H and O–H groups in total. The lowest BCUT2D eigenvalue weighted by atomic mass is 10.1. The molecule has 1 heterocycles. The van der Waals surface area contributed by atoms with Crippen molar-refractivity contribution in [2.24, 2.45) is 0 Å². The van der Waals surface area contributed by atoms with Crippen LogP contribution in [0.25, 0.3) is 0 Å². The maximum absolute atomic E-state index is 11.7. The number of hydrogen-bond acceptors (Lipinski definition) is 5. The highest BCUT2D eigenvalue weighted by molar-refractivity contribution is 5.89. The Kier molecular flexibility index (Phi) is 4.80. The zero-order valence-corrected chi connectivity index (χ0v) is 11.0. The molecule has 1 aromatic carbocycles. The Labute approximate surface area is 119 Å². The van der Waals surface area contributed by atoms with Gasteiger partial charge in [0, 0.05) is 12.1 Å². The highest BCUT2D eigenvalue weighted by Gasteiger charge is 2.05. The fourth-order valence-electron chi connectivity index (χ4n) is 1.65. The Morgan fingerprint density at radius 3 is 2.90 bits per heavy atom. The molecule has 0 aliphatic heterocycles. The molecule has 0 aliphatic carbocycles. The summed E-state index contributed by atoms with van der Waals surface area (Å²) in [6.07, 6.45) is 0.461. The third-order valence-electron chi connectivity index (χ3n) is 2.61. The summed E-state index contributed by atoms with van der Waals surface area (Å²) in [4.78, 5) is 22.2. The largest absolute Gasteiger partial charge is 0.481 e. The van der Waals surface area contributed by atoms with Crippen molar-refractivity contribution in [2.75, 3.05) is 5.32 Å². The molecule has 0 bridgehead atoms. The molecule has 2 aromatic rings. The van der Waals surface area contributed by atoms with Gasteiger partial charge in [-0.05, 0) is 24.1 Å². The summed E-state index contributed by atoms with van der Waals surface area (Å²) in [5, 5.41) is 26.9. The van der Waals surface area contributed by atoms with E-state index < -0.39 is 12.0 Å². The third-order valence-corrected chi connectivity index (χ3v) is 2.61. The van der Waals surface area contributed by atoms with E-state index in [0.717, 1.165) is 5.56 Å². The fraction of sp³-hybridized carbons (Fsp3) is 0.250. The van der Waals surface area contributed by atoms with Gasteiger partial charge in [0.05, 0.1) is 6.54 Å². The summed E-state index contributed by atoms with van der Waals surface area (Å²) in [5.74, 6) is -0.480. The van der Waals surface area contributed by atoms with Gasteiger partial charge in [-0.2, -0.15) is 5.21 Å². The molecule has 0 radical (unpaired) electrons. The van der Waals surface area contributed by atoms with Gasteiger partial charge in [-0.3, -0.25) is 4.79 Å². The van der Waals surface area contributed by atoms with Gasteiger partial charge in [0.1, 0.15) is 0 Å². The van der Waals surface area contributed by atoms with Gasteiger partial charge in [-0.15, -0.1) is 10.2 Å². The Morgan fingerprint density at radius 1 is 1.33 bits per heavy atom. The second-order valence-electron chi connectivity index (χ2n) is 4.23. The molecular weight excluding hydrogens is 276 g/mol. The Balaban J connectivity index is 1.85. The molecule has 0 saturated carbocycles. The van der Waals surface area contributed by atoms with Gasteiger partial charge in [0.15, 0.2) is 5.82 Å². The van der Waals surface area contributed by atoms with Crippen LogP contribution in [-0.2, 0) is 17.8 Å². The minimum Gasteiger partial charge on any atom is -0.481 e. The number of carboxylic acids is 1. The van der Waals surface area contributed by atoms with Crippen molar-refractivity contribution in [1.29, 1.82) is 0 Å². The third kappa shape index (κ3) is 4.90. The first-order valence-corrected chi connectivity index (χ1v) is 6.21. The summed E-state index contributed by atoms with van der Waals surface area (Å²) >= 11 is 0. The van der Waals surface area contributed by atoms with Crippen molar-refractivity contribution in [3.63, 3.8) is 0 Å². The zero-order chi connectivity index (χ0) is 15.1. The Hall–Kier alpha value is -2.97. The van der Waals surface area contributed by atoms with Gasteiger partial charge in [0.2, 0.25) is 0 Å². The number of rotatable bonds is 6. The van der Waals surface area contributed by atoms with E-state index in [2.05, 4.69) is 31.3 Å². The molecule has 1 aromatic heterocycles. The van der Waals surface area contributed by atoms with Crippen LogP contribution in [0.5, 0.6) is 0 Å². The van der Waals surface area contributed by atoms with Gasteiger partial charge in [0.25, 0.3) is 0 Å². The monoisotopic (exact) mass is 290 g/mol. The van der Waals surface area contributed by atoms with E-state index in [1.807, 2.05) is 6.07 Å². The molecule has 9 heteroatoms. The average Bonchev–Trinajstić information content (AvgIpc) is 2.97. The van der Waals surface area contributed by atoms with Crippen LogP contribution in [0.3, 0.4) is 0 Å². The number of tetrazole rings is 1. The predicted octanol–water partition coefficient (Wildman–Crippen LogP) is 0.539. The van der Waals surface area contributed by atoms with E-state index in [1.165, 1.54) is 0 Å². The molecule has 9 nitrogen and oxygen atoms in total. The number of benzene rings is 1. The molecule has 0 fully saturated rings. The number of nitrogens with one attached hydrogen (secondary N) is 3. The molecule has 0 spiro atoms. The van der Waals surface area contributed by atoms with Crippen LogP contribution < -0.4 is 10.6 Å². The number of H-pyrrole nitrogens is 1. The highest BCUT2D eigenvalue weighted by atomic mass is 16.4. The van der Waals surface area contributed by atoms with Gasteiger partial charge in [-0.25, -0.2) is 4.79 Å². The van der Waals surface area contributed by atoms with Crippen LogP contribution in [0.15, 0.2) is 24.3 Å². The van der Waals surface area contributed by atoms with Crippen molar-refractivity contribution in [3.8, 4) is 0 Å². The first-order valence-electron chi connectivity index (χ1n) is 6.21. The molecule has 21 heavy (non-hydrogen) atoms. The number of urea groups is 1. The number of aromatic amines is 1. The molecule has 0 atom stereocenters. The lowest BCUT2D eigenvalue weighted by Crippen LogP contribution is -2.28. The number of carboxylic acid groups (broad SMARTS) is 1. The molecule has 0 unspecified atom stereocenters. The molecule has 2 amide bonds. The van der Waals surface area contributed by atoms with Crippen LogP contribution >= 0.6 is 0 Å². The summed E-state index contributed by atoms with van der Waals surface area (Å²) in [6.45, 7) is 0.154. The smallest absolute Gasteiger partial charge is 0.319 e. The number of aryl methyl sites for hydroxylation is 1. The average molecular weight is 290 g/mol. The maximum Gasteiger partial charge on any atom is 0.319 e. The number of carbonyl (C=O) groups excluding carboxylic acids is 1. The first-order chi connectivity index (χ1) is 10.1. The summed E-state index contributed by atoms with van der Waals surface area (Å²) in [7, 11) is 0. The van der Waals surface area contributed by atoms with E-state index in [4.69, 9.17) is 5.11 Å². The summed E-state index contributed by atoms with van der Waals surface area (Å²) in [6, 6.07) is 6.61. The van der Waals surface area contributed by atoms with E-state index in [-0.39, 0.29) is 13.0 Å². The topological polar surface area (TPSA) is 133 Å². The van der Waals surface area contributed by atoms with Crippen LogP contribution in [0, 0.1) is 0 Å². The number of aromatic nitrogens is 4. The normalized spacial score (nSPS) is 10.1. The first kappa shape index (κ1) is 14.4. The van der Waals surface area contributed by atoms with Crippen molar-refractivity contribution in [1.82, 2.24) is 25.9 Å². The van der Waals surface area contributed by atoms with Gasteiger partial charge >= 0.3 is 12.0 Å². The molecule has 110 valence electrons. The SMILES string of the molecule is O=C(O)CCc1cccc(NC(=O)NCc2nn[nH]n2)c1.